The summed E-state index contributed by atoms with van der Waals surface area (Å²) in [6.45, 7) is -0.322. The highest BCUT2D eigenvalue weighted by molar-refractivity contribution is 6.00. The van der Waals surface area contributed by atoms with Crippen LogP contribution < -0.4 is 5.32 Å². The summed E-state index contributed by atoms with van der Waals surface area (Å²) in [5.74, 6) is -2.21. The summed E-state index contributed by atoms with van der Waals surface area (Å²) in [5, 5.41) is 18.4. The molecule has 0 bridgehead atoms. The van der Waals surface area contributed by atoms with E-state index in [0.29, 0.717) is 5.56 Å². The Hall–Kier alpha value is -3.06. The van der Waals surface area contributed by atoms with Crippen molar-refractivity contribution in [1.82, 2.24) is 15.5 Å². The first-order chi connectivity index (χ1) is 12.1. The summed E-state index contributed by atoms with van der Waals surface area (Å²) in [7, 11) is 0. The van der Waals surface area contributed by atoms with Gasteiger partial charge in [0.15, 0.2) is 0 Å². The lowest BCUT2D eigenvalue weighted by Crippen LogP contribution is -2.30. The van der Waals surface area contributed by atoms with Crippen LogP contribution in [-0.2, 0) is 0 Å². The standard InChI is InChI=1S/C18H15F2N3O2/c19-13-7-4-8-14(20)16(13)17-12(9-21-23-17)18(25)22-15(10-24)11-5-2-1-3-6-11/h1-9,15,24H,10H2,(H,21,23)(H,22,25)/t15-/m1/s1. The molecule has 0 spiro atoms. The van der Waals surface area contributed by atoms with Crippen molar-refractivity contribution < 1.29 is 18.7 Å². The van der Waals surface area contributed by atoms with Crippen molar-refractivity contribution in [2.75, 3.05) is 6.61 Å². The molecule has 3 aromatic rings. The summed E-state index contributed by atoms with van der Waals surface area (Å²) in [5.41, 5.74) is 0.280. The van der Waals surface area contributed by atoms with Crippen LogP contribution in [0, 0.1) is 11.6 Å². The van der Waals surface area contributed by atoms with Gasteiger partial charge in [-0.15, -0.1) is 0 Å². The summed E-state index contributed by atoms with van der Waals surface area (Å²) < 4.78 is 28.0. The molecule has 0 unspecified atom stereocenters. The summed E-state index contributed by atoms with van der Waals surface area (Å²) >= 11 is 0. The Balaban J connectivity index is 1.91. The molecule has 0 aliphatic rings. The Morgan fingerprint density at radius 1 is 1.12 bits per heavy atom. The summed E-state index contributed by atoms with van der Waals surface area (Å²) in [6.07, 6.45) is 1.19. The van der Waals surface area contributed by atoms with E-state index in [4.69, 9.17) is 0 Å². The van der Waals surface area contributed by atoms with E-state index in [9.17, 15) is 18.7 Å². The Kier molecular flexibility index (Phi) is 4.85. The molecule has 1 amide bonds. The molecule has 0 aliphatic carbocycles. The number of rotatable bonds is 5. The molecule has 1 heterocycles. The van der Waals surface area contributed by atoms with Gasteiger partial charge in [0.25, 0.3) is 5.91 Å². The molecule has 3 rings (SSSR count). The van der Waals surface area contributed by atoms with Gasteiger partial charge in [0, 0.05) is 0 Å². The van der Waals surface area contributed by atoms with E-state index in [0.717, 1.165) is 12.1 Å². The van der Waals surface area contributed by atoms with Crippen molar-refractivity contribution in [3.8, 4) is 11.3 Å². The van der Waals surface area contributed by atoms with Crippen LogP contribution in [0.2, 0.25) is 0 Å². The van der Waals surface area contributed by atoms with Gasteiger partial charge in [0.05, 0.1) is 35.7 Å². The third-order valence-electron chi connectivity index (χ3n) is 3.79. The predicted octanol–water partition coefficient (Wildman–Crippen LogP) is 2.82. The Morgan fingerprint density at radius 2 is 1.80 bits per heavy atom. The maximum absolute atomic E-state index is 14.0. The molecule has 0 saturated heterocycles. The molecule has 1 aromatic heterocycles. The van der Waals surface area contributed by atoms with E-state index in [2.05, 4.69) is 15.5 Å². The van der Waals surface area contributed by atoms with E-state index < -0.39 is 23.6 Å². The average molecular weight is 343 g/mol. The number of benzene rings is 2. The molecule has 1 atom stereocenters. The van der Waals surface area contributed by atoms with Crippen LogP contribution in [0.15, 0.2) is 54.7 Å². The van der Waals surface area contributed by atoms with Gasteiger partial charge in [-0.1, -0.05) is 36.4 Å². The van der Waals surface area contributed by atoms with E-state index in [1.807, 2.05) is 6.07 Å². The number of amides is 1. The predicted molar refractivity (Wildman–Crippen MR) is 87.7 cm³/mol. The van der Waals surface area contributed by atoms with Gasteiger partial charge in [-0.3, -0.25) is 9.89 Å². The number of nitrogens with zero attached hydrogens (tertiary/aromatic N) is 1. The Morgan fingerprint density at radius 3 is 2.44 bits per heavy atom. The van der Waals surface area contributed by atoms with Gasteiger partial charge in [0.2, 0.25) is 0 Å². The van der Waals surface area contributed by atoms with E-state index in [1.54, 1.807) is 24.3 Å². The van der Waals surface area contributed by atoms with Gasteiger partial charge in [-0.05, 0) is 17.7 Å². The Labute approximate surface area is 142 Å². The molecular weight excluding hydrogens is 328 g/mol. The van der Waals surface area contributed by atoms with Crippen molar-refractivity contribution >= 4 is 5.91 Å². The molecule has 0 fully saturated rings. The van der Waals surface area contributed by atoms with Gasteiger partial charge in [0.1, 0.15) is 11.6 Å². The second-order valence-corrected chi connectivity index (χ2v) is 5.37. The minimum absolute atomic E-state index is 0.0154. The van der Waals surface area contributed by atoms with E-state index >= 15 is 0 Å². The third-order valence-corrected chi connectivity index (χ3v) is 3.79. The fourth-order valence-corrected chi connectivity index (χ4v) is 2.54. The molecule has 7 heteroatoms. The lowest BCUT2D eigenvalue weighted by Gasteiger charge is -2.16. The number of aliphatic hydroxyl groups is 1. The maximum Gasteiger partial charge on any atom is 0.255 e. The number of aromatic amines is 1. The van der Waals surface area contributed by atoms with Crippen molar-refractivity contribution in [3.05, 3.63) is 77.5 Å². The number of carbonyl (C=O) groups excluding carboxylic acids is 1. The highest BCUT2D eigenvalue weighted by Crippen LogP contribution is 2.27. The first kappa shape index (κ1) is 16.8. The highest BCUT2D eigenvalue weighted by Gasteiger charge is 2.23. The smallest absolute Gasteiger partial charge is 0.255 e. The first-order valence-corrected chi connectivity index (χ1v) is 7.56. The average Bonchev–Trinajstić information content (AvgIpc) is 3.09. The van der Waals surface area contributed by atoms with Crippen LogP contribution in [0.4, 0.5) is 8.78 Å². The van der Waals surface area contributed by atoms with Crippen LogP contribution in [0.5, 0.6) is 0 Å². The van der Waals surface area contributed by atoms with Gasteiger partial charge >= 0.3 is 0 Å². The van der Waals surface area contributed by atoms with Crippen molar-refractivity contribution in [1.29, 1.82) is 0 Å². The number of hydrogen-bond acceptors (Lipinski definition) is 3. The zero-order valence-corrected chi connectivity index (χ0v) is 13.0. The fraction of sp³-hybridized carbons (Fsp3) is 0.111. The Bertz CT molecular complexity index is 861. The lowest BCUT2D eigenvalue weighted by atomic mass is 10.0. The van der Waals surface area contributed by atoms with Gasteiger partial charge in [-0.25, -0.2) is 8.78 Å². The molecule has 128 valence electrons. The second-order valence-electron chi connectivity index (χ2n) is 5.37. The first-order valence-electron chi connectivity index (χ1n) is 7.56. The summed E-state index contributed by atoms with van der Waals surface area (Å²) in [4.78, 5) is 12.5. The number of aliphatic hydroxyl groups excluding tert-OH is 1. The zero-order chi connectivity index (χ0) is 17.8. The molecule has 0 radical (unpaired) electrons. The number of aromatic nitrogens is 2. The number of carbonyl (C=O) groups is 1. The zero-order valence-electron chi connectivity index (χ0n) is 13.0. The fourth-order valence-electron chi connectivity index (χ4n) is 2.54. The molecule has 3 N–H and O–H groups in total. The quantitative estimate of drug-likeness (QED) is 0.667. The molecular formula is C18H15F2N3O2. The lowest BCUT2D eigenvalue weighted by molar-refractivity contribution is 0.0917. The van der Waals surface area contributed by atoms with Crippen molar-refractivity contribution in [2.24, 2.45) is 0 Å². The van der Waals surface area contributed by atoms with Gasteiger partial charge in [-0.2, -0.15) is 5.10 Å². The van der Waals surface area contributed by atoms with E-state index in [-0.39, 0.29) is 23.4 Å². The molecule has 0 aliphatic heterocycles. The van der Waals surface area contributed by atoms with Crippen LogP contribution >= 0.6 is 0 Å². The topological polar surface area (TPSA) is 78.0 Å². The van der Waals surface area contributed by atoms with Crippen LogP contribution in [0.3, 0.4) is 0 Å². The largest absolute Gasteiger partial charge is 0.394 e. The van der Waals surface area contributed by atoms with Crippen LogP contribution in [0.25, 0.3) is 11.3 Å². The summed E-state index contributed by atoms with van der Waals surface area (Å²) in [6, 6.07) is 11.7. The molecule has 2 aromatic carbocycles. The van der Waals surface area contributed by atoms with Crippen LogP contribution in [0.1, 0.15) is 22.0 Å². The van der Waals surface area contributed by atoms with Gasteiger partial charge < -0.3 is 10.4 Å². The monoisotopic (exact) mass is 343 g/mol. The SMILES string of the molecule is O=C(N[C@H](CO)c1ccccc1)c1cn[nH]c1-c1c(F)cccc1F. The van der Waals surface area contributed by atoms with Crippen molar-refractivity contribution in [3.63, 3.8) is 0 Å². The normalized spacial score (nSPS) is 12.0. The number of halogens is 2. The maximum atomic E-state index is 14.0. The number of H-pyrrole nitrogens is 1. The van der Waals surface area contributed by atoms with E-state index in [1.165, 1.54) is 12.3 Å². The minimum atomic E-state index is -0.805. The third kappa shape index (κ3) is 3.41. The van der Waals surface area contributed by atoms with Crippen molar-refractivity contribution in [2.45, 2.75) is 6.04 Å². The molecule has 5 nitrogen and oxygen atoms in total. The van der Waals surface area contributed by atoms with Crippen LogP contribution in [-0.4, -0.2) is 27.8 Å². The highest BCUT2D eigenvalue weighted by atomic mass is 19.1. The number of nitrogens with one attached hydrogen (secondary N) is 2. The number of hydrogen-bond donors (Lipinski definition) is 3. The molecule has 0 saturated carbocycles. The second kappa shape index (κ2) is 7.23. The molecule has 25 heavy (non-hydrogen) atoms. The minimum Gasteiger partial charge on any atom is -0.394 e.